The van der Waals surface area contributed by atoms with Crippen LogP contribution in [-0.2, 0) is 6.61 Å². The van der Waals surface area contributed by atoms with E-state index in [0.29, 0.717) is 0 Å². The number of pyridine rings is 1. The van der Waals surface area contributed by atoms with Crippen molar-refractivity contribution in [1.82, 2.24) is 4.98 Å². The van der Waals surface area contributed by atoms with Gasteiger partial charge in [0.05, 0.1) is 6.61 Å². The number of aryl methyl sites for hydroxylation is 1. The quantitative estimate of drug-likeness (QED) is 0.772. The van der Waals surface area contributed by atoms with E-state index >= 15 is 0 Å². The third kappa shape index (κ3) is 2.42. The summed E-state index contributed by atoms with van der Waals surface area (Å²) in [5.41, 5.74) is 3.29. The van der Waals surface area contributed by atoms with Gasteiger partial charge in [0.2, 0.25) is 0 Å². The molecule has 3 nitrogen and oxygen atoms in total. The summed E-state index contributed by atoms with van der Waals surface area (Å²) in [5.74, 6) is 0.983. The van der Waals surface area contributed by atoms with Gasteiger partial charge in [0.1, 0.15) is 5.82 Å². The predicted octanol–water partition coefficient (Wildman–Crippen LogP) is 2.04. The minimum atomic E-state index is 0.0824. The molecule has 0 amide bonds. The third-order valence-corrected chi connectivity index (χ3v) is 2.84. The molecule has 1 aromatic heterocycles. The maximum absolute atomic E-state index is 9.18. The summed E-state index contributed by atoms with van der Waals surface area (Å²) in [4.78, 5) is 6.79. The molecule has 0 radical (unpaired) electrons. The Hall–Kier alpha value is -1.35. The predicted molar refractivity (Wildman–Crippen MR) is 65.5 cm³/mol. The van der Waals surface area contributed by atoms with Crippen LogP contribution in [0.3, 0.4) is 0 Å². The van der Waals surface area contributed by atoms with Crippen LogP contribution in [0.25, 0.3) is 0 Å². The van der Waals surface area contributed by atoms with Gasteiger partial charge in [-0.25, -0.2) is 4.98 Å². The van der Waals surface area contributed by atoms with Gasteiger partial charge in [-0.15, -0.1) is 0 Å². The highest BCUT2D eigenvalue weighted by atomic mass is 16.3. The fraction of sp³-hybridized carbons (Fsp3) is 0.462. The smallest absolute Gasteiger partial charge is 0.129 e. The number of aliphatic hydroxyl groups is 1. The van der Waals surface area contributed by atoms with Crippen LogP contribution in [0.5, 0.6) is 0 Å². The van der Waals surface area contributed by atoms with Gasteiger partial charge in [0.25, 0.3) is 0 Å². The average Bonchev–Trinajstić information content (AvgIpc) is 2.28. The van der Waals surface area contributed by atoms with Gasteiger partial charge in [0, 0.05) is 18.8 Å². The van der Waals surface area contributed by atoms with Crippen LogP contribution in [0.4, 0.5) is 5.82 Å². The molecule has 0 spiro atoms. The van der Waals surface area contributed by atoms with Crippen molar-refractivity contribution in [2.45, 2.75) is 26.9 Å². The summed E-state index contributed by atoms with van der Waals surface area (Å²) in [6.45, 7) is 6.16. The lowest BCUT2D eigenvalue weighted by Gasteiger charge is -2.27. The first-order valence-electron chi connectivity index (χ1n) is 5.68. The number of hydrogen-bond acceptors (Lipinski definition) is 3. The largest absolute Gasteiger partial charge is 0.392 e. The van der Waals surface area contributed by atoms with Crippen LogP contribution in [0.15, 0.2) is 23.8 Å². The maximum Gasteiger partial charge on any atom is 0.129 e. The third-order valence-electron chi connectivity index (χ3n) is 2.84. The topological polar surface area (TPSA) is 36.4 Å². The van der Waals surface area contributed by atoms with Gasteiger partial charge in [-0.2, -0.15) is 0 Å². The normalized spacial score (nSPS) is 16.2. The Morgan fingerprint density at radius 3 is 2.88 bits per heavy atom. The number of hydrogen-bond donors (Lipinski definition) is 1. The van der Waals surface area contributed by atoms with Crippen LogP contribution in [0, 0.1) is 6.92 Å². The Balaban J connectivity index is 2.26. The molecule has 0 aromatic carbocycles. The Bertz CT molecular complexity index is 412. The lowest BCUT2D eigenvalue weighted by Crippen LogP contribution is -2.30. The van der Waals surface area contributed by atoms with Gasteiger partial charge in [-0.1, -0.05) is 11.6 Å². The van der Waals surface area contributed by atoms with Crippen molar-refractivity contribution in [2.24, 2.45) is 0 Å². The summed E-state index contributed by atoms with van der Waals surface area (Å²) in [6, 6.07) is 3.90. The average molecular weight is 218 g/mol. The molecule has 3 heteroatoms. The molecular formula is C13H18N2O. The van der Waals surface area contributed by atoms with Gasteiger partial charge in [0.15, 0.2) is 0 Å². The van der Waals surface area contributed by atoms with E-state index in [1.807, 2.05) is 19.1 Å². The van der Waals surface area contributed by atoms with Crippen molar-refractivity contribution >= 4 is 5.82 Å². The van der Waals surface area contributed by atoms with E-state index in [9.17, 15) is 5.11 Å². The molecule has 1 N–H and O–H groups in total. The number of nitrogens with zero attached hydrogens (tertiary/aromatic N) is 2. The highest BCUT2D eigenvalue weighted by molar-refractivity contribution is 5.45. The number of rotatable bonds is 2. The van der Waals surface area contributed by atoms with Crippen molar-refractivity contribution < 1.29 is 5.11 Å². The van der Waals surface area contributed by atoms with E-state index in [0.717, 1.165) is 36.6 Å². The van der Waals surface area contributed by atoms with Gasteiger partial charge in [-0.3, -0.25) is 0 Å². The molecular weight excluding hydrogens is 200 g/mol. The van der Waals surface area contributed by atoms with Crippen LogP contribution in [-0.4, -0.2) is 23.2 Å². The molecule has 0 unspecified atom stereocenters. The Labute approximate surface area is 96.4 Å². The molecule has 1 aliphatic heterocycles. The van der Waals surface area contributed by atoms with Crippen molar-refractivity contribution in [3.63, 3.8) is 0 Å². The summed E-state index contributed by atoms with van der Waals surface area (Å²) in [7, 11) is 0. The highest BCUT2D eigenvalue weighted by Crippen LogP contribution is 2.19. The van der Waals surface area contributed by atoms with E-state index in [4.69, 9.17) is 0 Å². The number of aliphatic hydroxyl groups excluding tert-OH is 1. The van der Waals surface area contributed by atoms with Gasteiger partial charge >= 0.3 is 0 Å². The molecule has 86 valence electrons. The first kappa shape index (κ1) is 11.1. The highest BCUT2D eigenvalue weighted by Gasteiger charge is 2.12. The molecule has 0 saturated heterocycles. The van der Waals surface area contributed by atoms with E-state index in [-0.39, 0.29) is 6.61 Å². The number of anilines is 1. The number of aromatic nitrogens is 1. The standard InChI is InChI=1S/C13H18N2O/c1-10-4-3-5-15(8-10)13-7-12(9-16)6-11(2)14-13/h4,6-7,16H,3,5,8-9H2,1-2H3. The van der Waals surface area contributed by atoms with E-state index in [1.165, 1.54) is 5.57 Å². The van der Waals surface area contributed by atoms with Crippen molar-refractivity contribution in [1.29, 1.82) is 0 Å². The molecule has 1 aromatic rings. The van der Waals surface area contributed by atoms with E-state index in [2.05, 4.69) is 22.9 Å². The van der Waals surface area contributed by atoms with Crippen molar-refractivity contribution in [3.8, 4) is 0 Å². The SMILES string of the molecule is CC1=CCCN(c2cc(CO)cc(C)n2)C1. The lowest BCUT2D eigenvalue weighted by molar-refractivity contribution is 0.281. The fourth-order valence-corrected chi connectivity index (χ4v) is 2.08. The molecule has 0 saturated carbocycles. The fourth-order valence-electron chi connectivity index (χ4n) is 2.08. The van der Waals surface area contributed by atoms with E-state index in [1.54, 1.807) is 0 Å². The molecule has 0 bridgehead atoms. The maximum atomic E-state index is 9.18. The van der Waals surface area contributed by atoms with Crippen LogP contribution < -0.4 is 4.90 Å². The molecule has 2 rings (SSSR count). The monoisotopic (exact) mass is 218 g/mol. The van der Waals surface area contributed by atoms with E-state index < -0.39 is 0 Å². The summed E-state index contributed by atoms with van der Waals surface area (Å²) < 4.78 is 0. The van der Waals surface area contributed by atoms with Gasteiger partial charge in [-0.05, 0) is 38.0 Å². The first-order chi connectivity index (χ1) is 7.69. The van der Waals surface area contributed by atoms with Crippen molar-refractivity contribution in [2.75, 3.05) is 18.0 Å². The zero-order valence-corrected chi connectivity index (χ0v) is 9.90. The van der Waals surface area contributed by atoms with Crippen LogP contribution in [0.2, 0.25) is 0 Å². The molecule has 0 aliphatic carbocycles. The molecule has 0 fully saturated rings. The molecule has 0 atom stereocenters. The van der Waals surface area contributed by atoms with Gasteiger partial charge < -0.3 is 10.0 Å². The summed E-state index contributed by atoms with van der Waals surface area (Å²) in [6.07, 6.45) is 3.36. The molecule has 1 aliphatic rings. The second-order valence-electron chi connectivity index (χ2n) is 4.39. The minimum absolute atomic E-state index is 0.0824. The summed E-state index contributed by atoms with van der Waals surface area (Å²) in [5, 5.41) is 9.18. The minimum Gasteiger partial charge on any atom is -0.392 e. The lowest BCUT2D eigenvalue weighted by atomic mass is 10.1. The second-order valence-corrected chi connectivity index (χ2v) is 4.39. The summed E-state index contributed by atoms with van der Waals surface area (Å²) >= 11 is 0. The Morgan fingerprint density at radius 1 is 1.38 bits per heavy atom. The molecule has 16 heavy (non-hydrogen) atoms. The Morgan fingerprint density at radius 2 is 2.19 bits per heavy atom. The second kappa shape index (κ2) is 4.66. The van der Waals surface area contributed by atoms with Crippen LogP contribution >= 0.6 is 0 Å². The Kier molecular flexibility index (Phi) is 3.25. The first-order valence-corrected chi connectivity index (χ1v) is 5.68. The van der Waals surface area contributed by atoms with Crippen molar-refractivity contribution in [3.05, 3.63) is 35.0 Å². The zero-order chi connectivity index (χ0) is 11.5. The molecule has 2 heterocycles. The zero-order valence-electron chi connectivity index (χ0n) is 9.90. The van der Waals surface area contributed by atoms with Crippen LogP contribution in [0.1, 0.15) is 24.6 Å².